The summed E-state index contributed by atoms with van der Waals surface area (Å²) in [6, 6.07) is 3.74. The van der Waals surface area contributed by atoms with Gasteiger partial charge < -0.3 is 15.5 Å². The SMILES string of the molecule is O=C(NCCNc1cc(N2CCCC2)cnn1)c1cncc(Br)c1. The molecule has 0 spiro atoms. The Morgan fingerprint density at radius 1 is 1.17 bits per heavy atom. The molecule has 1 fully saturated rings. The second kappa shape index (κ2) is 8.05. The molecule has 1 aliphatic rings. The first-order chi connectivity index (χ1) is 11.7. The van der Waals surface area contributed by atoms with E-state index in [2.05, 4.69) is 46.6 Å². The molecule has 0 radical (unpaired) electrons. The number of carbonyl (C=O) groups excluding carboxylic acids is 1. The summed E-state index contributed by atoms with van der Waals surface area (Å²) in [5.74, 6) is 0.570. The summed E-state index contributed by atoms with van der Waals surface area (Å²) in [4.78, 5) is 18.3. The molecular weight excluding hydrogens is 372 g/mol. The lowest BCUT2D eigenvalue weighted by Gasteiger charge is -2.17. The van der Waals surface area contributed by atoms with Gasteiger partial charge >= 0.3 is 0 Å². The normalized spacial score (nSPS) is 13.8. The van der Waals surface area contributed by atoms with Gasteiger partial charge in [0.1, 0.15) is 0 Å². The average molecular weight is 391 g/mol. The molecule has 0 atom stereocenters. The maximum Gasteiger partial charge on any atom is 0.252 e. The summed E-state index contributed by atoms with van der Waals surface area (Å²) < 4.78 is 0.780. The molecule has 0 aliphatic carbocycles. The zero-order valence-electron chi connectivity index (χ0n) is 13.2. The van der Waals surface area contributed by atoms with E-state index in [9.17, 15) is 4.79 Å². The molecule has 0 bridgehead atoms. The van der Waals surface area contributed by atoms with E-state index >= 15 is 0 Å². The fourth-order valence-electron chi connectivity index (χ4n) is 2.60. The van der Waals surface area contributed by atoms with E-state index < -0.39 is 0 Å². The number of halogens is 1. The highest BCUT2D eigenvalue weighted by atomic mass is 79.9. The van der Waals surface area contributed by atoms with Crippen LogP contribution in [0.3, 0.4) is 0 Å². The Labute approximate surface area is 149 Å². The van der Waals surface area contributed by atoms with Crippen LogP contribution < -0.4 is 15.5 Å². The summed E-state index contributed by atoms with van der Waals surface area (Å²) >= 11 is 3.30. The quantitative estimate of drug-likeness (QED) is 0.734. The smallest absolute Gasteiger partial charge is 0.252 e. The largest absolute Gasteiger partial charge is 0.370 e. The second-order valence-electron chi connectivity index (χ2n) is 5.57. The number of amides is 1. The number of hydrogen-bond acceptors (Lipinski definition) is 6. The fourth-order valence-corrected chi connectivity index (χ4v) is 2.96. The van der Waals surface area contributed by atoms with Crippen molar-refractivity contribution in [3.8, 4) is 0 Å². The summed E-state index contributed by atoms with van der Waals surface area (Å²) in [7, 11) is 0. The molecular formula is C16H19BrN6O. The first-order valence-corrected chi connectivity index (χ1v) is 8.72. The minimum absolute atomic E-state index is 0.150. The molecule has 1 amide bonds. The van der Waals surface area contributed by atoms with Crippen molar-refractivity contribution < 1.29 is 4.79 Å². The molecule has 3 rings (SSSR count). The molecule has 8 heteroatoms. The van der Waals surface area contributed by atoms with Crippen LogP contribution in [0.2, 0.25) is 0 Å². The first-order valence-electron chi connectivity index (χ1n) is 7.93. The van der Waals surface area contributed by atoms with E-state index in [1.165, 1.54) is 12.8 Å². The van der Waals surface area contributed by atoms with Gasteiger partial charge in [-0.2, -0.15) is 5.10 Å². The van der Waals surface area contributed by atoms with Gasteiger partial charge in [0.25, 0.3) is 5.91 Å². The van der Waals surface area contributed by atoms with Crippen LogP contribution in [0.25, 0.3) is 0 Å². The van der Waals surface area contributed by atoms with Crippen LogP contribution in [0.15, 0.2) is 35.2 Å². The van der Waals surface area contributed by atoms with Gasteiger partial charge in [-0.1, -0.05) is 0 Å². The molecule has 2 N–H and O–H groups in total. The molecule has 24 heavy (non-hydrogen) atoms. The third-order valence-corrected chi connectivity index (χ3v) is 4.23. The second-order valence-corrected chi connectivity index (χ2v) is 6.48. The molecule has 0 saturated carbocycles. The minimum atomic E-state index is -0.150. The van der Waals surface area contributed by atoms with Crippen molar-refractivity contribution in [3.63, 3.8) is 0 Å². The maximum absolute atomic E-state index is 12.0. The lowest BCUT2D eigenvalue weighted by molar-refractivity contribution is 0.0954. The predicted molar refractivity (Wildman–Crippen MR) is 96.2 cm³/mol. The van der Waals surface area contributed by atoms with E-state index in [0.717, 1.165) is 29.1 Å². The van der Waals surface area contributed by atoms with E-state index in [1.54, 1.807) is 24.7 Å². The van der Waals surface area contributed by atoms with E-state index in [-0.39, 0.29) is 5.91 Å². The highest BCUT2D eigenvalue weighted by Crippen LogP contribution is 2.20. The average Bonchev–Trinajstić information content (AvgIpc) is 3.13. The van der Waals surface area contributed by atoms with Crippen molar-refractivity contribution in [2.45, 2.75) is 12.8 Å². The Hall–Kier alpha value is -2.22. The number of nitrogens with zero attached hydrogens (tertiary/aromatic N) is 4. The third kappa shape index (κ3) is 4.41. The Morgan fingerprint density at radius 3 is 2.79 bits per heavy atom. The Balaban J connectivity index is 1.46. The first kappa shape index (κ1) is 16.6. The van der Waals surface area contributed by atoms with Gasteiger partial charge in [0, 0.05) is 49.1 Å². The van der Waals surface area contributed by atoms with Gasteiger partial charge in [0.15, 0.2) is 5.82 Å². The fraction of sp³-hybridized carbons (Fsp3) is 0.375. The highest BCUT2D eigenvalue weighted by molar-refractivity contribution is 9.10. The number of anilines is 2. The van der Waals surface area contributed by atoms with E-state index in [4.69, 9.17) is 0 Å². The predicted octanol–water partition coefficient (Wildman–Crippen LogP) is 2.08. The van der Waals surface area contributed by atoms with Gasteiger partial charge in [0.05, 0.1) is 17.4 Å². The molecule has 2 aromatic rings. The van der Waals surface area contributed by atoms with Crippen LogP contribution in [0.5, 0.6) is 0 Å². The molecule has 3 heterocycles. The number of hydrogen-bond donors (Lipinski definition) is 2. The number of nitrogens with one attached hydrogen (secondary N) is 2. The lowest BCUT2D eigenvalue weighted by atomic mass is 10.3. The van der Waals surface area contributed by atoms with Crippen LogP contribution >= 0.6 is 15.9 Å². The Kier molecular flexibility index (Phi) is 5.58. The third-order valence-electron chi connectivity index (χ3n) is 3.80. The van der Waals surface area contributed by atoms with Crippen LogP contribution in [0.4, 0.5) is 11.5 Å². The van der Waals surface area contributed by atoms with E-state index in [1.807, 2.05) is 6.07 Å². The van der Waals surface area contributed by atoms with Crippen molar-refractivity contribution in [2.75, 3.05) is 36.4 Å². The molecule has 126 valence electrons. The molecule has 1 saturated heterocycles. The van der Waals surface area contributed by atoms with Crippen molar-refractivity contribution in [2.24, 2.45) is 0 Å². The highest BCUT2D eigenvalue weighted by Gasteiger charge is 2.13. The van der Waals surface area contributed by atoms with Gasteiger partial charge in [-0.05, 0) is 34.8 Å². The van der Waals surface area contributed by atoms with Gasteiger partial charge in [0.2, 0.25) is 0 Å². The van der Waals surface area contributed by atoms with E-state index in [0.29, 0.717) is 18.7 Å². The molecule has 7 nitrogen and oxygen atoms in total. The van der Waals surface area contributed by atoms with Crippen LogP contribution in [-0.4, -0.2) is 47.3 Å². The number of carbonyl (C=O) groups is 1. The molecule has 1 aliphatic heterocycles. The molecule has 0 aromatic carbocycles. The lowest BCUT2D eigenvalue weighted by Crippen LogP contribution is -2.29. The monoisotopic (exact) mass is 390 g/mol. The molecule has 0 unspecified atom stereocenters. The maximum atomic E-state index is 12.0. The van der Waals surface area contributed by atoms with Gasteiger partial charge in [-0.15, -0.1) is 5.10 Å². The van der Waals surface area contributed by atoms with Crippen molar-refractivity contribution in [3.05, 3.63) is 40.8 Å². The Bertz CT molecular complexity index is 704. The summed E-state index contributed by atoms with van der Waals surface area (Å²) in [5.41, 5.74) is 1.62. The number of pyridine rings is 1. The summed E-state index contributed by atoms with van der Waals surface area (Å²) in [6.07, 6.45) is 7.42. The number of rotatable bonds is 6. The summed E-state index contributed by atoms with van der Waals surface area (Å²) in [6.45, 7) is 3.20. The van der Waals surface area contributed by atoms with Crippen LogP contribution in [0.1, 0.15) is 23.2 Å². The van der Waals surface area contributed by atoms with Crippen molar-refractivity contribution in [1.82, 2.24) is 20.5 Å². The van der Waals surface area contributed by atoms with Crippen LogP contribution in [-0.2, 0) is 0 Å². The van der Waals surface area contributed by atoms with Crippen molar-refractivity contribution >= 4 is 33.3 Å². The molecule has 2 aromatic heterocycles. The zero-order valence-corrected chi connectivity index (χ0v) is 14.8. The number of aromatic nitrogens is 3. The minimum Gasteiger partial charge on any atom is -0.370 e. The summed E-state index contributed by atoms with van der Waals surface area (Å²) in [5, 5.41) is 14.2. The van der Waals surface area contributed by atoms with Crippen LogP contribution in [0, 0.1) is 0 Å². The standard InChI is InChI=1S/C16H19BrN6O/c17-13-7-12(9-18-10-13)16(24)20-4-3-19-15-8-14(11-21-22-15)23-5-1-2-6-23/h7-11H,1-6H2,(H,19,22)(H,20,24). The zero-order chi connectivity index (χ0) is 16.8. The van der Waals surface area contributed by atoms with Gasteiger partial charge in [-0.25, -0.2) is 0 Å². The van der Waals surface area contributed by atoms with Crippen molar-refractivity contribution in [1.29, 1.82) is 0 Å². The topological polar surface area (TPSA) is 83.0 Å². The Morgan fingerprint density at radius 2 is 2.00 bits per heavy atom. The van der Waals surface area contributed by atoms with Gasteiger partial charge in [-0.3, -0.25) is 9.78 Å².